The standard InChI is InChI=1S/C13H22N4O3/c1-3-16-13(12(17(19)20)10(2)14-16)15-8-5-4-6-11(15)7-9-18/h11,18H,3-9H2,1-2H3. The van der Waals surface area contributed by atoms with Gasteiger partial charge in [0.15, 0.2) is 0 Å². The van der Waals surface area contributed by atoms with Crippen LogP contribution >= 0.6 is 0 Å². The molecule has 1 saturated heterocycles. The maximum atomic E-state index is 11.4. The summed E-state index contributed by atoms with van der Waals surface area (Å²) in [6, 6.07) is 0.161. The molecule has 0 amide bonds. The van der Waals surface area contributed by atoms with E-state index in [0.717, 1.165) is 25.8 Å². The summed E-state index contributed by atoms with van der Waals surface area (Å²) >= 11 is 0. The first-order chi connectivity index (χ1) is 9.60. The summed E-state index contributed by atoms with van der Waals surface area (Å²) < 4.78 is 1.71. The van der Waals surface area contributed by atoms with Crippen LogP contribution in [0, 0.1) is 17.0 Å². The average molecular weight is 282 g/mol. The molecule has 7 heteroatoms. The van der Waals surface area contributed by atoms with Gasteiger partial charge in [-0.1, -0.05) is 0 Å². The van der Waals surface area contributed by atoms with Gasteiger partial charge < -0.3 is 10.0 Å². The lowest BCUT2D eigenvalue weighted by Crippen LogP contribution is -2.41. The van der Waals surface area contributed by atoms with Crippen molar-refractivity contribution in [1.29, 1.82) is 0 Å². The molecule has 1 fully saturated rings. The van der Waals surface area contributed by atoms with Gasteiger partial charge in [0.1, 0.15) is 5.69 Å². The first-order valence-corrected chi connectivity index (χ1v) is 7.19. The summed E-state index contributed by atoms with van der Waals surface area (Å²) in [6.45, 7) is 5.11. The second-order valence-corrected chi connectivity index (χ2v) is 5.19. The Morgan fingerprint density at radius 2 is 2.25 bits per heavy atom. The number of aryl methyl sites for hydroxylation is 2. The predicted octanol–water partition coefficient (Wildman–Crippen LogP) is 1.86. The van der Waals surface area contributed by atoms with Crippen molar-refractivity contribution in [3.63, 3.8) is 0 Å². The fourth-order valence-electron chi connectivity index (χ4n) is 3.01. The Morgan fingerprint density at radius 1 is 1.50 bits per heavy atom. The lowest BCUT2D eigenvalue weighted by atomic mass is 9.99. The van der Waals surface area contributed by atoms with Crippen molar-refractivity contribution in [2.75, 3.05) is 18.1 Å². The average Bonchev–Trinajstić information content (AvgIpc) is 2.76. The van der Waals surface area contributed by atoms with Crippen molar-refractivity contribution in [3.05, 3.63) is 15.8 Å². The largest absolute Gasteiger partial charge is 0.396 e. The Balaban J connectivity index is 2.45. The highest BCUT2D eigenvalue weighted by Crippen LogP contribution is 2.36. The maximum Gasteiger partial charge on any atom is 0.333 e. The third-order valence-corrected chi connectivity index (χ3v) is 3.91. The number of aliphatic hydroxyl groups excluding tert-OH is 1. The van der Waals surface area contributed by atoms with Gasteiger partial charge in [0.05, 0.1) is 4.92 Å². The number of rotatable bonds is 5. The van der Waals surface area contributed by atoms with Gasteiger partial charge in [0, 0.05) is 25.7 Å². The molecule has 0 saturated carbocycles. The Labute approximate surface area is 118 Å². The molecule has 1 N–H and O–H groups in total. The van der Waals surface area contributed by atoms with E-state index in [1.54, 1.807) is 11.6 Å². The van der Waals surface area contributed by atoms with Gasteiger partial charge in [0.25, 0.3) is 0 Å². The van der Waals surface area contributed by atoms with Gasteiger partial charge in [-0.05, 0) is 39.5 Å². The SMILES string of the molecule is CCn1nc(C)c([N+](=O)[O-])c1N1CCCCC1CCO. The number of piperidine rings is 1. The van der Waals surface area contributed by atoms with Crippen LogP contribution in [0.5, 0.6) is 0 Å². The van der Waals surface area contributed by atoms with Crippen molar-refractivity contribution in [1.82, 2.24) is 9.78 Å². The number of aromatic nitrogens is 2. The minimum Gasteiger partial charge on any atom is -0.396 e. The fourth-order valence-corrected chi connectivity index (χ4v) is 3.01. The molecule has 0 radical (unpaired) electrons. The zero-order valence-electron chi connectivity index (χ0n) is 12.1. The molecule has 0 bridgehead atoms. The van der Waals surface area contributed by atoms with Crippen molar-refractivity contribution in [2.24, 2.45) is 0 Å². The lowest BCUT2D eigenvalue weighted by Gasteiger charge is -2.36. The molecule has 20 heavy (non-hydrogen) atoms. The fraction of sp³-hybridized carbons (Fsp3) is 0.769. The van der Waals surface area contributed by atoms with Crippen LogP contribution in [0.15, 0.2) is 0 Å². The molecule has 0 aliphatic carbocycles. The Morgan fingerprint density at radius 3 is 2.85 bits per heavy atom. The predicted molar refractivity (Wildman–Crippen MR) is 76.0 cm³/mol. The zero-order valence-corrected chi connectivity index (χ0v) is 12.1. The first-order valence-electron chi connectivity index (χ1n) is 7.19. The zero-order chi connectivity index (χ0) is 14.7. The number of nitro groups is 1. The van der Waals surface area contributed by atoms with E-state index < -0.39 is 0 Å². The van der Waals surface area contributed by atoms with E-state index in [0.29, 0.717) is 24.5 Å². The molecule has 2 rings (SSSR count). The normalized spacial score (nSPS) is 19.4. The molecular formula is C13H22N4O3. The Bertz CT molecular complexity index is 484. The van der Waals surface area contributed by atoms with E-state index in [2.05, 4.69) is 10.00 Å². The second kappa shape index (κ2) is 6.21. The molecule has 1 unspecified atom stereocenters. The van der Waals surface area contributed by atoms with Crippen LogP contribution in [0.2, 0.25) is 0 Å². The van der Waals surface area contributed by atoms with E-state index in [9.17, 15) is 15.2 Å². The quantitative estimate of drug-likeness (QED) is 0.658. The van der Waals surface area contributed by atoms with Crippen LogP contribution in [0.1, 0.15) is 38.3 Å². The lowest BCUT2D eigenvalue weighted by molar-refractivity contribution is -0.384. The Kier molecular flexibility index (Phi) is 4.59. The van der Waals surface area contributed by atoms with Gasteiger partial charge >= 0.3 is 5.69 Å². The first kappa shape index (κ1) is 14.8. The molecule has 1 aliphatic heterocycles. The summed E-state index contributed by atoms with van der Waals surface area (Å²) in [5.41, 5.74) is 0.567. The van der Waals surface area contributed by atoms with Gasteiger partial charge in [-0.25, -0.2) is 4.68 Å². The molecule has 1 aliphatic rings. The molecule has 1 aromatic rings. The number of aliphatic hydroxyl groups is 1. The van der Waals surface area contributed by atoms with Crippen LogP contribution in [0.25, 0.3) is 0 Å². The van der Waals surface area contributed by atoms with Crippen molar-refractivity contribution < 1.29 is 10.0 Å². The molecule has 112 valence electrons. The topological polar surface area (TPSA) is 84.4 Å². The number of nitrogens with zero attached hydrogens (tertiary/aromatic N) is 4. The summed E-state index contributed by atoms with van der Waals surface area (Å²) in [5, 5.41) is 24.9. The third-order valence-electron chi connectivity index (χ3n) is 3.91. The van der Waals surface area contributed by atoms with Crippen LogP contribution in [-0.2, 0) is 6.54 Å². The molecule has 0 spiro atoms. The van der Waals surface area contributed by atoms with Gasteiger partial charge in [-0.2, -0.15) is 5.10 Å². The summed E-state index contributed by atoms with van der Waals surface area (Å²) in [7, 11) is 0. The van der Waals surface area contributed by atoms with E-state index >= 15 is 0 Å². The molecule has 0 aromatic carbocycles. The number of anilines is 1. The van der Waals surface area contributed by atoms with Crippen molar-refractivity contribution in [3.8, 4) is 0 Å². The van der Waals surface area contributed by atoms with Crippen molar-refractivity contribution >= 4 is 11.5 Å². The van der Waals surface area contributed by atoms with Crippen LogP contribution < -0.4 is 4.90 Å². The molecule has 2 heterocycles. The minimum atomic E-state index is -0.339. The van der Waals surface area contributed by atoms with Crippen LogP contribution in [-0.4, -0.2) is 39.0 Å². The molecule has 7 nitrogen and oxygen atoms in total. The number of hydrogen-bond acceptors (Lipinski definition) is 5. The molecule has 1 atom stereocenters. The highest BCUT2D eigenvalue weighted by atomic mass is 16.6. The summed E-state index contributed by atoms with van der Waals surface area (Å²) in [4.78, 5) is 13.1. The van der Waals surface area contributed by atoms with E-state index in [1.807, 2.05) is 6.92 Å². The maximum absolute atomic E-state index is 11.4. The van der Waals surface area contributed by atoms with Crippen molar-refractivity contribution in [2.45, 2.75) is 52.1 Å². The van der Waals surface area contributed by atoms with Crippen LogP contribution in [0.3, 0.4) is 0 Å². The summed E-state index contributed by atoms with van der Waals surface area (Å²) in [6.07, 6.45) is 3.73. The van der Waals surface area contributed by atoms with Crippen LogP contribution in [0.4, 0.5) is 11.5 Å². The molecular weight excluding hydrogens is 260 g/mol. The highest BCUT2D eigenvalue weighted by Gasteiger charge is 2.33. The van der Waals surface area contributed by atoms with Gasteiger partial charge in [0.2, 0.25) is 5.82 Å². The number of hydrogen-bond donors (Lipinski definition) is 1. The minimum absolute atomic E-state index is 0.105. The Hall–Kier alpha value is -1.63. The second-order valence-electron chi connectivity index (χ2n) is 5.19. The van der Waals surface area contributed by atoms with E-state index in [-0.39, 0.29) is 23.3 Å². The van der Waals surface area contributed by atoms with Gasteiger partial charge in [-0.3, -0.25) is 10.1 Å². The smallest absolute Gasteiger partial charge is 0.333 e. The third kappa shape index (κ3) is 2.63. The summed E-state index contributed by atoms with van der Waals surface area (Å²) in [5.74, 6) is 0.605. The van der Waals surface area contributed by atoms with Gasteiger partial charge in [-0.15, -0.1) is 0 Å². The monoisotopic (exact) mass is 282 g/mol. The highest BCUT2D eigenvalue weighted by molar-refractivity contribution is 5.62. The van der Waals surface area contributed by atoms with E-state index in [4.69, 9.17) is 0 Å². The molecule has 1 aromatic heterocycles. The van der Waals surface area contributed by atoms with E-state index in [1.165, 1.54) is 0 Å².